The van der Waals surface area contributed by atoms with Gasteiger partial charge in [0.25, 0.3) is 0 Å². The summed E-state index contributed by atoms with van der Waals surface area (Å²) in [6.07, 6.45) is 35.3. The Hall–Kier alpha value is -1.85. The van der Waals surface area contributed by atoms with Gasteiger partial charge in [-0.2, -0.15) is 11.8 Å². The van der Waals surface area contributed by atoms with Crippen LogP contribution in [0, 0.1) is 17.3 Å². The minimum atomic E-state index is -0.756. The summed E-state index contributed by atoms with van der Waals surface area (Å²) in [5, 5.41) is 27.4. The van der Waals surface area contributed by atoms with Crippen LogP contribution in [0.15, 0.2) is 0 Å². The summed E-state index contributed by atoms with van der Waals surface area (Å²) in [6, 6.07) is 0. The lowest BCUT2D eigenvalue weighted by molar-refractivity contribution is -0.166. The number of esters is 2. The number of aliphatic carboxylic acids is 2. The quantitative estimate of drug-likeness (QED) is 0.0344. The normalized spacial score (nSPS) is 17.7. The summed E-state index contributed by atoms with van der Waals surface area (Å²) in [5.41, 5.74) is -1.19. The summed E-state index contributed by atoms with van der Waals surface area (Å²) >= 11 is 1.63. The van der Waals surface area contributed by atoms with Crippen LogP contribution in [0.2, 0.25) is 0 Å². The molecule has 0 spiro atoms. The van der Waals surface area contributed by atoms with Crippen molar-refractivity contribution in [2.24, 2.45) is 17.3 Å². The van der Waals surface area contributed by atoms with Crippen LogP contribution in [0.1, 0.15) is 281 Å². The first-order valence-electron chi connectivity index (χ1n) is 28.5. The Bertz CT molecular complexity index is 1270. The van der Waals surface area contributed by atoms with Crippen LogP contribution in [-0.2, 0) is 28.7 Å². The number of carbonyl (C=O) groups is 4. The molecule has 406 valence electrons. The molecule has 0 bridgehead atoms. The van der Waals surface area contributed by atoms with Crippen LogP contribution in [0.25, 0.3) is 0 Å². The van der Waals surface area contributed by atoms with Gasteiger partial charge in [0.05, 0.1) is 31.5 Å². The first kappa shape index (κ1) is 65.2. The molecule has 0 amide bonds. The van der Waals surface area contributed by atoms with E-state index in [-0.39, 0.29) is 52.4 Å². The van der Waals surface area contributed by atoms with Gasteiger partial charge in [-0.05, 0) is 119 Å². The van der Waals surface area contributed by atoms with Crippen molar-refractivity contribution >= 4 is 35.6 Å². The van der Waals surface area contributed by atoms with E-state index in [2.05, 4.69) is 79.9 Å². The second-order valence-corrected chi connectivity index (χ2v) is 25.1. The van der Waals surface area contributed by atoms with E-state index in [0.717, 1.165) is 77.0 Å². The Morgan fingerprint density at radius 1 is 0.464 bits per heavy atom. The number of hydrogen-bond donors (Lipinski definition) is 4. The van der Waals surface area contributed by atoms with E-state index >= 15 is 0 Å². The van der Waals surface area contributed by atoms with Crippen molar-refractivity contribution in [2.75, 3.05) is 24.7 Å². The Labute approximate surface area is 428 Å². The van der Waals surface area contributed by atoms with Gasteiger partial charge in [0.1, 0.15) is 0 Å². The lowest BCUT2D eigenvalue weighted by Gasteiger charge is -2.57. The molecular formula is C58H110N2O8S. The molecule has 0 unspecified atom stereocenters. The van der Waals surface area contributed by atoms with Crippen molar-refractivity contribution in [1.82, 2.24) is 10.6 Å². The minimum Gasteiger partial charge on any atom is -0.481 e. The van der Waals surface area contributed by atoms with Gasteiger partial charge in [-0.15, -0.1) is 0 Å². The van der Waals surface area contributed by atoms with Crippen LogP contribution in [-0.4, -0.2) is 81.0 Å². The molecular weight excluding hydrogens is 885 g/mol. The second-order valence-electron chi connectivity index (χ2n) is 23.9. The number of carboxylic acid groups (broad SMARTS) is 2. The van der Waals surface area contributed by atoms with Gasteiger partial charge in [0.15, 0.2) is 0 Å². The fraction of sp³-hybridized carbons (Fsp3) is 0.931. The Morgan fingerprint density at radius 3 is 1.09 bits per heavy atom. The van der Waals surface area contributed by atoms with Gasteiger partial charge in [0.2, 0.25) is 0 Å². The van der Waals surface area contributed by atoms with Crippen LogP contribution in [0.3, 0.4) is 0 Å². The molecule has 11 heteroatoms. The molecule has 0 atom stereocenters. The lowest BCUT2D eigenvalue weighted by Crippen LogP contribution is -2.65. The predicted octanol–water partition coefficient (Wildman–Crippen LogP) is 15.4. The van der Waals surface area contributed by atoms with Gasteiger partial charge >= 0.3 is 23.9 Å². The van der Waals surface area contributed by atoms with E-state index in [0.29, 0.717) is 50.4 Å². The zero-order chi connectivity index (χ0) is 51.7. The van der Waals surface area contributed by atoms with E-state index in [4.69, 9.17) is 14.6 Å². The molecule has 0 aromatic carbocycles. The number of ether oxygens (including phenoxy) is 2. The predicted molar refractivity (Wildman–Crippen MR) is 290 cm³/mol. The molecule has 10 nitrogen and oxygen atoms in total. The average molecular weight is 996 g/mol. The number of rotatable bonds is 39. The maximum absolute atomic E-state index is 13.4. The third kappa shape index (κ3) is 31.4. The highest BCUT2D eigenvalue weighted by molar-refractivity contribution is 7.99. The van der Waals surface area contributed by atoms with Crippen molar-refractivity contribution in [3.63, 3.8) is 0 Å². The van der Waals surface area contributed by atoms with Crippen LogP contribution in [0.5, 0.6) is 0 Å². The zero-order valence-electron chi connectivity index (χ0n) is 46.6. The third-order valence-corrected chi connectivity index (χ3v) is 15.6. The highest BCUT2D eigenvalue weighted by Gasteiger charge is 2.58. The monoisotopic (exact) mass is 995 g/mol. The number of hydrogen-bond acceptors (Lipinski definition) is 9. The molecule has 2 aliphatic heterocycles. The molecule has 0 saturated carbocycles. The smallest absolute Gasteiger partial charge is 0.310 e. The molecule has 2 heterocycles. The van der Waals surface area contributed by atoms with Crippen molar-refractivity contribution < 1.29 is 38.9 Å². The molecule has 4 N–H and O–H groups in total. The first-order valence-corrected chi connectivity index (χ1v) is 29.7. The molecule has 0 radical (unpaired) electrons. The van der Waals surface area contributed by atoms with Crippen molar-refractivity contribution in [3.8, 4) is 0 Å². The number of unbranched alkanes of at least 4 members (excludes halogenated alkanes) is 22. The summed E-state index contributed by atoms with van der Waals surface area (Å²) in [5.74, 6) is 0.0583. The van der Waals surface area contributed by atoms with Gasteiger partial charge < -0.3 is 30.3 Å². The average Bonchev–Trinajstić information content (AvgIpc) is 3.23. The second kappa shape index (κ2) is 36.1. The van der Waals surface area contributed by atoms with E-state index < -0.39 is 17.4 Å². The Balaban J connectivity index is 0.000000690. The minimum absolute atomic E-state index is 0.109. The summed E-state index contributed by atoms with van der Waals surface area (Å²) in [6.45, 7) is 23.3. The van der Waals surface area contributed by atoms with Crippen molar-refractivity contribution in [2.45, 2.75) is 303 Å². The van der Waals surface area contributed by atoms with E-state index in [1.807, 2.05) is 0 Å². The Kier molecular flexibility index (Phi) is 34.1. The van der Waals surface area contributed by atoms with Crippen LogP contribution in [0.4, 0.5) is 0 Å². The van der Waals surface area contributed by atoms with E-state index in [9.17, 15) is 24.3 Å². The van der Waals surface area contributed by atoms with Crippen LogP contribution < -0.4 is 10.6 Å². The standard InChI is InChI=1S/C30H58O4S.C28H52N2O4/c1-3-5-7-9-11-13-15-17-19-21-25-33-29(31)23-27-35-28-24-30(32)34-26-22-20-18-16-14-12-10-8-6-4-2;1-24(2)16-20(17-25(3,4)29-24)28(23(33)34,15-13-11-9-10-12-14-22(31)32)21-18-26(5,6)30-27(7,8)19-21/h3-28H2,1-2H3;20-21,29-30H,9-19H2,1-8H3,(H,31,32)(H,33,34). The molecule has 2 aliphatic rings. The molecule has 0 aromatic rings. The maximum atomic E-state index is 13.4. The molecule has 2 fully saturated rings. The molecule has 0 aromatic heterocycles. The first-order chi connectivity index (χ1) is 32.6. The fourth-order valence-electron chi connectivity index (χ4n) is 11.9. The Morgan fingerprint density at radius 2 is 0.768 bits per heavy atom. The molecule has 0 aliphatic carbocycles. The molecule has 69 heavy (non-hydrogen) atoms. The van der Waals surface area contributed by atoms with Crippen molar-refractivity contribution in [1.29, 1.82) is 0 Å². The number of thioether (sulfide) groups is 1. The largest absolute Gasteiger partial charge is 0.481 e. The summed E-state index contributed by atoms with van der Waals surface area (Å²) in [4.78, 5) is 47.8. The van der Waals surface area contributed by atoms with E-state index in [1.165, 1.54) is 103 Å². The van der Waals surface area contributed by atoms with E-state index in [1.54, 1.807) is 11.8 Å². The van der Waals surface area contributed by atoms with Gasteiger partial charge in [-0.25, -0.2) is 0 Å². The van der Waals surface area contributed by atoms with Crippen molar-refractivity contribution in [3.05, 3.63) is 0 Å². The summed E-state index contributed by atoms with van der Waals surface area (Å²) < 4.78 is 10.6. The molecule has 2 rings (SSSR count). The number of carbonyl (C=O) groups excluding carboxylic acids is 2. The highest BCUT2D eigenvalue weighted by atomic mass is 32.2. The summed E-state index contributed by atoms with van der Waals surface area (Å²) in [7, 11) is 0. The van der Waals surface area contributed by atoms with Crippen LogP contribution >= 0.6 is 11.8 Å². The number of nitrogens with one attached hydrogen (secondary N) is 2. The van der Waals surface area contributed by atoms with Gasteiger partial charge in [-0.1, -0.05) is 155 Å². The van der Waals surface area contributed by atoms with Gasteiger partial charge in [0, 0.05) is 40.1 Å². The third-order valence-electron chi connectivity index (χ3n) is 14.6. The number of carboxylic acids is 2. The SMILES string of the molecule is CC1(C)CC(C(CCCCCCCC(=O)O)(C(=O)O)C2CC(C)(C)NC(C)(C)C2)CC(C)(C)N1.CCCCCCCCCCCCOC(=O)CCSCCC(=O)OCCCCCCCCCCCC. The topological polar surface area (TPSA) is 151 Å². The highest BCUT2D eigenvalue weighted by Crippen LogP contribution is 2.55. The maximum Gasteiger partial charge on any atom is 0.310 e. The zero-order valence-corrected chi connectivity index (χ0v) is 47.4. The van der Waals surface area contributed by atoms with Gasteiger partial charge in [-0.3, -0.25) is 19.2 Å². The molecule has 2 saturated heterocycles. The lowest BCUT2D eigenvalue weighted by atomic mass is 9.52. The number of piperidine rings is 2. The fourth-order valence-corrected chi connectivity index (χ4v) is 12.7.